The van der Waals surface area contributed by atoms with Gasteiger partial charge in [0.25, 0.3) is 0 Å². The second-order valence-corrected chi connectivity index (χ2v) is 4.71. The zero-order valence-corrected chi connectivity index (χ0v) is 12.5. The van der Waals surface area contributed by atoms with Gasteiger partial charge in [0.1, 0.15) is 0 Å². The maximum atomic E-state index is 9.31. The quantitative estimate of drug-likeness (QED) is 0.798. The molecule has 0 amide bonds. The van der Waals surface area contributed by atoms with Crippen LogP contribution < -0.4 is 4.90 Å². The summed E-state index contributed by atoms with van der Waals surface area (Å²) in [5.41, 5.74) is 5.20. The molecule has 1 aromatic carbocycles. The number of anilines is 1. The van der Waals surface area contributed by atoms with Crippen LogP contribution in [-0.2, 0) is 13.5 Å². The molecular weight excluding hydrogens is 248 g/mol. The van der Waals surface area contributed by atoms with Crippen LogP contribution in [0, 0.1) is 11.3 Å². The number of fused-ring (bicyclic) bond motifs is 1. The van der Waals surface area contributed by atoms with Gasteiger partial charge in [0, 0.05) is 43.7 Å². The summed E-state index contributed by atoms with van der Waals surface area (Å²) in [4.78, 5) is 2.20. The molecule has 0 atom stereocenters. The van der Waals surface area contributed by atoms with Crippen LogP contribution in [0.15, 0.2) is 24.5 Å². The Balaban J connectivity index is 0.000000704. The molecule has 0 N–H and O–H groups in total. The first-order valence-corrected chi connectivity index (χ1v) is 6.96. The highest BCUT2D eigenvalue weighted by Gasteiger charge is 2.19. The van der Waals surface area contributed by atoms with Crippen molar-refractivity contribution in [1.82, 2.24) is 9.78 Å². The van der Waals surface area contributed by atoms with E-state index < -0.39 is 0 Å². The van der Waals surface area contributed by atoms with E-state index in [0.29, 0.717) is 0 Å². The minimum absolute atomic E-state index is 0.718. The summed E-state index contributed by atoms with van der Waals surface area (Å²) >= 11 is 0. The highest BCUT2D eigenvalue weighted by molar-refractivity contribution is 5.76. The summed E-state index contributed by atoms with van der Waals surface area (Å²) in [5.74, 6) is 0. The first-order valence-electron chi connectivity index (χ1n) is 6.96. The summed E-state index contributed by atoms with van der Waals surface area (Å²) in [6.45, 7) is 5.02. The third-order valence-corrected chi connectivity index (χ3v) is 3.48. The van der Waals surface area contributed by atoms with Crippen LogP contribution >= 0.6 is 0 Å². The van der Waals surface area contributed by atoms with Gasteiger partial charge in [-0.25, -0.2) is 0 Å². The highest BCUT2D eigenvalue weighted by Crippen LogP contribution is 2.34. The van der Waals surface area contributed by atoms with Crippen LogP contribution in [0.1, 0.15) is 25.0 Å². The molecule has 0 saturated heterocycles. The van der Waals surface area contributed by atoms with Crippen LogP contribution in [0.5, 0.6) is 0 Å². The number of nitriles is 1. The van der Waals surface area contributed by atoms with Crippen LogP contribution in [0.25, 0.3) is 11.1 Å². The molecule has 104 valence electrons. The molecule has 3 rings (SSSR count). The van der Waals surface area contributed by atoms with Gasteiger partial charge in [0.2, 0.25) is 0 Å². The molecule has 0 aliphatic carbocycles. The lowest BCUT2D eigenvalue weighted by Crippen LogP contribution is -2.12. The Labute approximate surface area is 120 Å². The van der Waals surface area contributed by atoms with E-state index in [0.717, 1.165) is 29.7 Å². The highest BCUT2D eigenvalue weighted by atomic mass is 15.2. The van der Waals surface area contributed by atoms with Crippen molar-refractivity contribution < 1.29 is 0 Å². The topological polar surface area (TPSA) is 44.9 Å². The van der Waals surface area contributed by atoms with Crippen molar-refractivity contribution in [2.24, 2.45) is 7.05 Å². The first-order chi connectivity index (χ1) is 9.69. The molecule has 1 aromatic heterocycles. The first kappa shape index (κ1) is 14.1. The third kappa shape index (κ3) is 2.39. The van der Waals surface area contributed by atoms with E-state index in [4.69, 9.17) is 0 Å². The number of likely N-dealkylation sites (N-methyl/N-ethyl adjacent to an activating group) is 1. The molecule has 0 fully saturated rings. The van der Waals surface area contributed by atoms with Crippen LogP contribution in [-0.4, -0.2) is 23.4 Å². The van der Waals surface area contributed by atoms with Crippen molar-refractivity contribution >= 4 is 5.69 Å². The van der Waals surface area contributed by atoms with Gasteiger partial charge in [0.05, 0.1) is 17.8 Å². The van der Waals surface area contributed by atoms with Gasteiger partial charge in [0.15, 0.2) is 0 Å². The maximum absolute atomic E-state index is 9.31. The molecule has 1 aliphatic rings. The van der Waals surface area contributed by atoms with Gasteiger partial charge in [-0.15, -0.1) is 0 Å². The number of benzene rings is 1. The van der Waals surface area contributed by atoms with Crippen LogP contribution in [0.4, 0.5) is 5.69 Å². The van der Waals surface area contributed by atoms with Crippen molar-refractivity contribution in [2.45, 2.75) is 20.3 Å². The van der Waals surface area contributed by atoms with Crippen molar-refractivity contribution in [3.63, 3.8) is 0 Å². The zero-order valence-electron chi connectivity index (χ0n) is 12.5. The van der Waals surface area contributed by atoms with E-state index in [1.165, 1.54) is 11.3 Å². The number of rotatable bonds is 1. The maximum Gasteiger partial charge on any atom is 0.0998 e. The smallest absolute Gasteiger partial charge is 0.0998 e. The fourth-order valence-electron chi connectivity index (χ4n) is 2.49. The molecule has 0 radical (unpaired) electrons. The van der Waals surface area contributed by atoms with Gasteiger partial charge in [-0.3, -0.25) is 4.68 Å². The van der Waals surface area contributed by atoms with E-state index in [1.807, 2.05) is 33.2 Å². The standard InChI is InChI=1S/C14H14N4.C2H6/c1-17-4-3-10-5-13(11(7-15)6-14(10)17)12-8-16-18(2)9-12;1-2/h5-6,8-9H,3-4H2,1-2H3;1-2H3. The van der Waals surface area contributed by atoms with Gasteiger partial charge in [-0.1, -0.05) is 13.8 Å². The second kappa shape index (κ2) is 5.79. The van der Waals surface area contributed by atoms with Gasteiger partial charge in [-0.2, -0.15) is 10.4 Å². The molecule has 0 spiro atoms. The Morgan fingerprint density at radius 2 is 2.00 bits per heavy atom. The summed E-state index contributed by atoms with van der Waals surface area (Å²) in [6, 6.07) is 6.41. The summed E-state index contributed by atoms with van der Waals surface area (Å²) < 4.78 is 1.76. The SMILES string of the molecule is CC.CN1CCc2cc(-c3cnn(C)c3)c(C#N)cc21. The molecule has 0 saturated carbocycles. The van der Waals surface area contributed by atoms with Gasteiger partial charge in [-0.05, 0) is 24.1 Å². The Bertz CT molecular complexity index is 649. The molecule has 2 heterocycles. The van der Waals surface area contributed by atoms with Crippen molar-refractivity contribution in [3.8, 4) is 17.2 Å². The molecule has 4 nitrogen and oxygen atoms in total. The predicted molar refractivity (Wildman–Crippen MR) is 81.7 cm³/mol. The monoisotopic (exact) mass is 268 g/mol. The van der Waals surface area contributed by atoms with E-state index in [2.05, 4.69) is 29.2 Å². The van der Waals surface area contributed by atoms with Crippen LogP contribution in [0.2, 0.25) is 0 Å². The van der Waals surface area contributed by atoms with E-state index in [-0.39, 0.29) is 0 Å². The molecule has 2 aromatic rings. The molecule has 4 heteroatoms. The summed E-state index contributed by atoms with van der Waals surface area (Å²) in [5, 5.41) is 13.5. The fourth-order valence-corrected chi connectivity index (χ4v) is 2.49. The molecule has 20 heavy (non-hydrogen) atoms. The average Bonchev–Trinajstić information content (AvgIpc) is 3.06. The Kier molecular flexibility index (Phi) is 4.09. The Morgan fingerprint density at radius 1 is 1.25 bits per heavy atom. The molecular formula is C16H20N4. The lowest BCUT2D eigenvalue weighted by Gasteiger charge is -2.13. The van der Waals surface area contributed by atoms with Gasteiger partial charge < -0.3 is 4.90 Å². The normalized spacial score (nSPS) is 12.4. The number of aromatic nitrogens is 2. The minimum Gasteiger partial charge on any atom is -0.374 e. The average molecular weight is 268 g/mol. The molecule has 0 unspecified atom stereocenters. The van der Waals surface area contributed by atoms with Crippen molar-refractivity contribution in [1.29, 1.82) is 5.26 Å². The third-order valence-electron chi connectivity index (χ3n) is 3.48. The largest absolute Gasteiger partial charge is 0.374 e. The fraction of sp³-hybridized carbons (Fsp3) is 0.375. The molecule has 1 aliphatic heterocycles. The lowest BCUT2D eigenvalue weighted by molar-refractivity contribution is 0.768. The van der Waals surface area contributed by atoms with Crippen molar-refractivity contribution in [2.75, 3.05) is 18.5 Å². The van der Waals surface area contributed by atoms with Gasteiger partial charge >= 0.3 is 0 Å². The molecule has 0 bridgehead atoms. The summed E-state index contributed by atoms with van der Waals surface area (Å²) in [7, 11) is 3.95. The Morgan fingerprint density at radius 3 is 2.60 bits per heavy atom. The van der Waals surface area contributed by atoms with E-state index in [1.54, 1.807) is 10.9 Å². The van der Waals surface area contributed by atoms with Crippen LogP contribution in [0.3, 0.4) is 0 Å². The second-order valence-electron chi connectivity index (χ2n) is 4.71. The Hall–Kier alpha value is -2.28. The lowest BCUT2D eigenvalue weighted by atomic mass is 9.98. The number of hydrogen-bond acceptors (Lipinski definition) is 3. The van der Waals surface area contributed by atoms with E-state index >= 15 is 0 Å². The van der Waals surface area contributed by atoms with Crippen molar-refractivity contribution in [3.05, 3.63) is 35.7 Å². The summed E-state index contributed by atoms with van der Waals surface area (Å²) in [6.07, 6.45) is 4.80. The number of aryl methyl sites for hydroxylation is 1. The van der Waals surface area contributed by atoms with E-state index in [9.17, 15) is 5.26 Å². The predicted octanol–water partition coefficient (Wildman–Crippen LogP) is 2.98. The minimum atomic E-state index is 0.718. The zero-order chi connectivity index (χ0) is 14.7. The number of hydrogen-bond donors (Lipinski definition) is 0. The number of nitrogens with zero attached hydrogens (tertiary/aromatic N) is 4.